The van der Waals surface area contributed by atoms with E-state index < -0.39 is 12.1 Å². The summed E-state index contributed by atoms with van der Waals surface area (Å²) in [5, 5.41) is 0. The summed E-state index contributed by atoms with van der Waals surface area (Å²) in [5.74, 6) is -0.760. The van der Waals surface area contributed by atoms with E-state index in [1.807, 2.05) is 53.4 Å². The Morgan fingerprint density at radius 3 is 2.34 bits per heavy atom. The maximum absolute atomic E-state index is 13.1. The van der Waals surface area contributed by atoms with Crippen LogP contribution in [0.1, 0.15) is 22.0 Å². The SMILES string of the molecule is O=C(O[C@H](C(=O)N1CCOCC1)c1ccccc1)c1cccc(-n2cccc2)c1. The van der Waals surface area contributed by atoms with Crippen LogP contribution in [0.5, 0.6) is 0 Å². The van der Waals surface area contributed by atoms with Crippen LogP contribution in [0.4, 0.5) is 0 Å². The van der Waals surface area contributed by atoms with Gasteiger partial charge in [0, 0.05) is 36.7 Å². The molecule has 1 atom stereocenters. The molecule has 148 valence electrons. The van der Waals surface area contributed by atoms with Crippen molar-refractivity contribution in [2.75, 3.05) is 26.3 Å². The Labute approximate surface area is 169 Å². The van der Waals surface area contributed by atoms with Crippen molar-refractivity contribution in [1.29, 1.82) is 0 Å². The van der Waals surface area contributed by atoms with Gasteiger partial charge in [0.15, 0.2) is 0 Å². The van der Waals surface area contributed by atoms with Gasteiger partial charge in [0.1, 0.15) is 0 Å². The minimum Gasteiger partial charge on any atom is -0.444 e. The van der Waals surface area contributed by atoms with Gasteiger partial charge in [0.05, 0.1) is 18.8 Å². The molecule has 1 aliphatic rings. The minimum atomic E-state index is -0.989. The van der Waals surface area contributed by atoms with Gasteiger partial charge < -0.3 is 18.9 Å². The first kappa shape index (κ1) is 19.0. The Kier molecular flexibility index (Phi) is 5.72. The molecule has 0 saturated carbocycles. The quantitative estimate of drug-likeness (QED) is 0.628. The fraction of sp³-hybridized carbons (Fsp3) is 0.217. The van der Waals surface area contributed by atoms with E-state index >= 15 is 0 Å². The van der Waals surface area contributed by atoms with E-state index in [-0.39, 0.29) is 5.91 Å². The summed E-state index contributed by atoms with van der Waals surface area (Å²) in [5.41, 5.74) is 1.89. The van der Waals surface area contributed by atoms with Crippen LogP contribution in [0.2, 0.25) is 0 Å². The van der Waals surface area contributed by atoms with Crippen LogP contribution in [-0.2, 0) is 14.3 Å². The lowest BCUT2D eigenvalue weighted by atomic mass is 10.1. The van der Waals surface area contributed by atoms with Gasteiger partial charge in [0.25, 0.3) is 5.91 Å². The lowest BCUT2D eigenvalue weighted by Crippen LogP contribution is -2.44. The fourth-order valence-electron chi connectivity index (χ4n) is 3.31. The average Bonchev–Trinajstić information content (AvgIpc) is 3.33. The molecular weight excluding hydrogens is 368 g/mol. The molecule has 0 radical (unpaired) electrons. The fourth-order valence-corrected chi connectivity index (χ4v) is 3.31. The van der Waals surface area contributed by atoms with Crippen LogP contribution in [0.3, 0.4) is 0 Å². The summed E-state index contributed by atoms with van der Waals surface area (Å²) >= 11 is 0. The van der Waals surface area contributed by atoms with Gasteiger partial charge in [-0.3, -0.25) is 4.79 Å². The highest BCUT2D eigenvalue weighted by Gasteiger charge is 2.30. The van der Waals surface area contributed by atoms with Gasteiger partial charge in [-0.15, -0.1) is 0 Å². The first-order valence-electron chi connectivity index (χ1n) is 9.58. The first-order valence-corrected chi connectivity index (χ1v) is 9.58. The highest BCUT2D eigenvalue weighted by molar-refractivity contribution is 5.93. The topological polar surface area (TPSA) is 60.8 Å². The number of benzene rings is 2. The zero-order valence-corrected chi connectivity index (χ0v) is 15.9. The van der Waals surface area contributed by atoms with Crippen molar-refractivity contribution in [2.24, 2.45) is 0 Å². The molecule has 1 amide bonds. The Morgan fingerprint density at radius 1 is 0.897 bits per heavy atom. The van der Waals surface area contributed by atoms with Gasteiger partial charge >= 0.3 is 5.97 Å². The Bertz CT molecular complexity index is 964. The third-order valence-electron chi connectivity index (χ3n) is 4.86. The van der Waals surface area contributed by atoms with Crippen molar-refractivity contribution in [2.45, 2.75) is 6.10 Å². The van der Waals surface area contributed by atoms with Crippen LogP contribution in [-0.4, -0.2) is 47.6 Å². The number of aromatic nitrogens is 1. The molecule has 0 aliphatic carbocycles. The van der Waals surface area contributed by atoms with Crippen LogP contribution < -0.4 is 0 Å². The zero-order valence-electron chi connectivity index (χ0n) is 15.9. The van der Waals surface area contributed by atoms with Crippen molar-refractivity contribution in [3.63, 3.8) is 0 Å². The summed E-state index contributed by atoms with van der Waals surface area (Å²) in [6.45, 7) is 1.95. The Balaban J connectivity index is 1.58. The number of hydrogen-bond acceptors (Lipinski definition) is 4. The predicted molar refractivity (Wildman–Crippen MR) is 108 cm³/mol. The van der Waals surface area contributed by atoms with Crippen molar-refractivity contribution in [3.05, 3.63) is 90.3 Å². The van der Waals surface area contributed by atoms with E-state index in [1.165, 1.54) is 0 Å². The number of carbonyl (C=O) groups is 2. The first-order chi connectivity index (χ1) is 14.2. The highest BCUT2D eigenvalue weighted by Crippen LogP contribution is 2.23. The molecular formula is C23H22N2O4. The van der Waals surface area contributed by atoms with Crippen molar-refractivity contribution in [3.8, 4) is 5.69 Å². The molecule has 1 saturated heterocycles. The predicted octanol–water partition coefficient (Wildman–Crippen LogP) is 3.23. The number of amides is 1. The summed E-state index contributed by atoms with van der Waals surface area (Å²) in [6, 6.07) is 20.1. The third-order valence-corrected chi connectivity index (χ3v) is 4.86. The minimum absolute atomic E-state index is 0.227. The molecule has 0 N–H and O–H groups in total. The number of ether oxygens (including phenoxy) is 2. The second kappa shape index (κ2) is 8.75. The third kappa shape index (κ3) is 4.38. The van der Waals surface area contributed by atoms with Crippen molar-refractivity contribution < 1.29 is 19.1 Å². The number of rotatable bonds is 5. The monoisotopic (exact) mass is 390 g/mol. The smallest absolute Gasteiger partial charge is 0.339 e. The van der Waals surface area contributed by atoms with Crippen LogP contribution in [0.25, 0.3) is 5.69 Å². The molecule has 2 heterocycles. The molecule has 2 aromatic carbocycles. The van der Waals surface area contributed by atoms with Gasteiger partial charge in [0.2, 0.25) is 6.10 Å². The molecule has 6 heteroatoms. The molecule has 3 aromatic rings. The highest BCUT2D eigenvalue weighted by atomic mass is 16.5. The maximum Gasteiger partial charge on any atom is 0.339 e. The number of hydrogen-bond donors (Lipinski definition) is 0. The molecule has 1 aliphatic heterocycles. The van der Waals surface area contributed by atoms with Crippen LogP contribution in [0.15, 0.2) is 79.1 Å². The molecule has 29 heavy (non-hydrogen) atoms. The Hall–Kier alpha value is -3.38. The second-order valence-electron chi connectivity index (χ2n) is 6.77. The van der Waals surface area contributed by atoms with E-state index in [0.29, 0.717) is 37.4 Å². The lowest BCUT2D eigenvalue weighted by molar-refractivity contribution is -0.145. The van der Waals surface area contributed by atoms with E-state index in [9.17, 15) is 9.59 Å². The largest absolute Gasteiger partial charge is 0.444 e. The maximum atomic E-state index is 13.1. The van der Waals surface area contributed by atoms with Gasteiger partial charge in [-0.2, -0.15) is 0 Å². The van der Waals surface area contributed by atoms with E-state index in [1.54, 1.807) is 35.2 Å². The number of nitrogens with zero attached hydrogens (tertiary/aromatic N) is 2. The lowest BCUT2D eigenvalue weighted by Gasteiger charge is -2.30. The van der Waals surface area contributed by atoms with Crippen LogP contribution in [0, 0.1) is 0 Å². The zero-order chi connectivity index (χ0) is 20.1. The molecule has 0 spiro atoms. The molecule has 1 fully saturated rings. The van der Waals surface area contributed by atoms with Gasteiger partial charge in [-0.1, -0.05) is 36.4 Å². The van der Waals surface area contributed by atoms with Crippen LogP contribution >= 0.6 is 0 Å². The number of esters is 1. The summed E-state index contributed by atoms with van der Waals surface area (Å²) in [6.07, 6.45) is 2.82. The summed E-state index contributed by atoms with van der Waals surface area (Å²) < 4.78 is 13.0. The number of morpholine rings is 1. The molecule has 1 aromatic heterocycles. The van der Waals surface area contributed by atoms with Crippen molar-refractivity contribution in [1.82, 2.24) is 9.47 Å². The van der Waals surface area contributed by atoms with E-state index in [0.717, 1.165) is 5.69 Å². The summed E-state index contributed by atoms with van der Waals surface area (Å²) in [7, 11) is 0. The van der Waals surface area contributed by atoms with E-state index in [4.69, 9.17) is 9.47 Å². The molecule has 4 rings (SSSR count). The molecule has 0 unspecified atom stereocenters. The van der Waals surface area contributed by atoms with Gasteiger partial charge in [-0.05, 0) is 30.3 Å². The second-order valence-corrected chi connectivity index (χ2v) is 6.77. The normalized spacial score (nSPS) is 15.0. The Morgan fingerprint density at radius 2 is 1.62 bits per heavy atom. The average molecular weight is 390 g/mol. The summed E-state index contributed by atoms with van der Waals surface area (Å²) in [4.78, 5) is 27.7. The number of carbonyl (C=O) groups excluding carboxylic acids is 2. The molecule has 0 bridgehead atoms. The van der Waals surface area contributed by atoms with Crippen molar-refractivity contribution >= 4 is 11.9 Å². The molecule has 6 nitrogen and oxygen atoms in total. The standard InChI is InChI=1S/C23H22N2O4/c26-22(25-13-15-28-16-14-25)21(18-7-2-1-3-8-18)29-23(27)19-9-6-10-20(17-19)24-11-4-5-12-24/h1-12,17,21H,13-16H2/t21-/m0/s1. The van der Waals surface area contributed by atoms with E-state index in [2.05, 4.69) is 0 Å². The van der Waals surface area contributed by atoms with Gasteiger partial charge in [-0.25, -0.2) is 4.79 Å².